The zero-order valence-corrected chi connectivity index (χ0v) is 17.2. The monoisotopic (exact) mass is 448 g/mol. The molecule has 0 bridgehead atoms. The van der Waals surface area contributed by atoms with Gasteiger partial charge in [0.1, 0.15) is 11.2 Å². The maximum atomic E-state index is 11.6. The van der Waals surface area contributed by atoms with E-state index in [2.05, 4.69) is 0 Å². The Bertz CT molecular complexity index is 1330. The van der Waals surface area contributed by atoms with Crippen molar-refractivity contribution in [2.24, 2.45) is 0 Å². The van der Waals surface area contributed by atoms with Crippen LogP contribution in [-0.4, -0.2) is 29.8 Å². The van der Waals surface area contributed by atoms with Crippen molar-refractivity contribution in [3.8, 4) is 11.1 Å². The lowest BCUT2D eigenvalue weighted by atomic mass is 10.00. The molecule has 0 saturated heterocycles. The van der Waals surface area contributed by atoms with Crippen LogP contribution in [0, 0.1) is 0 Å². The van der Waals surface area contributed by atoms with Crippen molar-refractivity contribution in [3.05, 3.63) is 72.3 Å². The van der Waals surface area contributed by atoms with Crippen molar-refractivity contribution >= 4 is 37.1 Å². The smallest absolute Gasteiger partial charge is 0.369 e. The third-order valence-corrected chi connectivity index (χ3v) is 8.76. The third-order valence-electron chi connectivity index (χ3n) is 5.01. The largest absolute Gasteiger partial charge is 0.456 e. The van der Waals surface area contributed by atoms with E-state index in [-0.39, 0.29) is 5.56 Å². The summed E-state index contributed by atoms with van der Waals surface area (Å²) in [4.78, 5) is 37.5. The molecule has 0 amide bonds. The van der Waals surface area contributed by atoms with E-state index in [1.54, 1.807) is 18.2 Å². The molecule has 5 N–H and O–H groups in total. The van der Waals surface area contributed by atoms with E-state index in [0.717, 1.165) is 21.9 Å². The van der Waals surface area contributed by atoms with Crippen LogP contribution in [0.4, 0.5) is 0 Å². The number of hydrogen-bond acceptors (Lipinski definition) is 4. The fourth-order valence-electron chi connectivity index (χ4n) is 3.42. The minimum absolute atomic E-state index is 0.166. The fourth-order valence-corrected chi connectivity index (χ4v) is 5.55. The lowest BCUT2D eigenvalue weighted by Gasteiger charge is -2.29. The molecule has 0 aliphatic rings. The third kappa shape index (κ3) is 3.53. The predicted octanol–water partition coefficient (Wildman–Crippen LogP) is 3.80. The van der Waals surface area contributed by atoms with Gasteiger partial charge < -0.3 is 29.1 Å². The summed E-state index contributed by atoms with van der Waals surface area (Å²) in [5.74, 6) is 0. The molecule has 4 rings (SSSR count). The molecule has 4 aromatic rings. The molecule has 1 aromatic heterocycles. The molecular formula is C20H18O8P2. The first-order valence-electron chi connectivity index (χ1n) is 8.84. The minimum Gasteiger partial charge on any atom is -0.456 e. The first kappa shape index (κ1) is 21.0. The zero-order chi connectivity index (χ0) is 21.7. The van der Waals surface area contributed by atoms with Gasteiger partial charge in [0.2, 0.25) is 0 Å². The predicted molar refractivity (Wildman–Crippen MR) is 112 cm³/mol. The summed E-state index contributed by atoms with van der Waals surface area (Å²) in [6, 6.07) is 19.4. The van der Waals surface area contributed by atoms with Crippen LogP contribution in [0.1, 0.15) is 5.56 Å². The van der Waals surface area contributed by atoms with E-state index in [0.29, 0.717) is 11.1 Å². The van der Waals surface area contributed by atoms with Crippen LogP contribution in [0.5, 0.6) is 0 Å². The standard InChI is InChI=1S/C20H18O8P2/c21-20(29(22,23)24,30(25,26)27)12-13-4-3-5-14(10-13)15-8-9-19-17(11-15)16-6-1-2-7-18(16)28-19/h1-11,21H,12H2,(H2,22,23,24)(H2,25,26,27). The summed E-state index contributed by atoms with van der Waals surface area (Å²) >= 11 is 0. The Morgan fingerprint density at radius 3 is 2.07 bits per heavy atom. The van der Waals surface area contributed by atoms with E-state index < -0.39 is 26.7 Å². The maximum Gasteiger partial charge on any atom is 0.369 e. The number of fused-ring (bicyclic) bond motifs is 3. The van der Waals surface area contributed by atoms with Gasteiger partial charge in [-0.15, -0.1) is 0 Å². The summed E-state index contributed by atoms with van der Waals surface area (Å²) < 4.78 is 29.1. The summed E-state index contributed by atoms with van der Waals surface area (Å²) in [5, 5.41) is 8.51. The van der Waals surface area contributed by atoms with Gasteiger partial charge in [0, 0.05) is 17.2 Å². The van der Waals surface area contributed by atoms with Crippen LogP contribution in [0.25, 0.3) is 33.1 Å². The number of hydrogen-bond donors (Lipinski definition) is 5. The molecule has 0 radical (unpaired) electrons. The molecule has 0 aliphatic carbocycles. The molecule has 10 heteroatoms. The van der Waals surface area contributed by atoms with Gasteiger partial charge in [0.15, 0.2) is 0 Å². The molecule has 0 aliphatic heterocycles. The first-order valence-corrected chi connectivity index (χ1v) is 12.1. The average Bonchev–Trinajstić information content (AvgIpc) is 3.04. The van der Waals surface area contributed by atoms with E-state index in [4.69, 9.17) is 4.42 Å². The number of aliphatic hydroxyl groups is 1. The average molecular weight is 448 g/mol. The Morgan fingerprint density at radius 2 is 1.37 bits per heavy atom. The van der Waals surface area contributed by atoms with Gasteiger partial charge in [-0.2, -0.15) is 0 Å². The van der Waals surface area contributed by atoms with Gasteiger partial charge in [-0.3, -0.25) is 9.13 Å². The molecule has 1 heterocycles. The Kier molecular flexibility index (Phi) is 5.00. The van der Waals surface area contributed by atoms with Gasteiger partial charge in [-0.1, -0.05) is 48.5 Å². The van der Waals surface area contributed by atoms with Gasteiger partial charge in [-0.05, 0) is 34.9 Å². The summed E-state index contributed by atoms with van der Waals surface area (Å²) in [6.45, 7) is 0. The molecule has 8 nitrogen and oxygen atoms in total. The van der Waals surface area contributed by atoms with Crippen molar-refractivity contribution < 1.29 is 38.2 Å². The topological polar surface area (TPSA) is 148 Å². The number of furan rings is 1. The highest BCUT2D eigenvalue weighted by molar-refractivity contribution is 7.72. The summed E-state index contributed by atoms with van der Waals surface area (Å²) in [5.41, 5.74) is 3.03. The number of rotatable bonds is 5. The molecule has 156 valence electrons. The van der Waals surface area contributed by atoms with Crippen LogP contribution in [0.15, 0.2) is 71.1 Å². The highest BCUT2D eigenvalue weighted by atomic mass is 31.2. The Hall–Kier alpha value is -2.28. The maximum absolute atomic E-state index is 11.6. The molecule has 0 fully saturated rings. The van der Waals surface area contributed by atoms with E-state index in [1.807, 2.05) is 36.4 Å². The second kappa shape index (κ2) is 7.15. The van der Waals surface area contributed by atoms with Crippen LogP contribution >= 0.6 is 15.2 Å². The second-order valence-electron chi connectivity index (χ2n) is 7.05. The van der Waals surface area contributed by atoms with Crippen LogP contribution in [0.3, 0.4) is 0 Å². The molecule has 0 atom stereocenters. The van der Waals surface area contributed by atoms with Gasteiger partial charge in [0.05, 0.1) is 0 Å². The molecular weight excluding hydrogens is 430 g/mol. The van der Waals surface area contributed by atoms with Gasteiger partial charge in [-0.25, -0.2) is 0 Å². The van der Waals surface area contributed by atoms with Crippen molar-refractivity contribution in [3.63, 3.8) is 0 Å². The molecule has 0 unspecified atom stereocenters. The highest BCUT2D eigenvalue weighted by Crippen LogP contribution is 2.68. The lowest BCUT2D eigenvalue weighted by Crippen LogP contribution is -2.31. The van der Waals surface area contributed by atoms with Crippen molar-refractivity contribution in [2.45, 2.75) is 11.5 Å². The van der Waals surface area contributed by atoms with E-state index in [9.17, 15) is 33.8 Å². The van der Waals surface area contributed by atoms with Crippen molar-refractivity contribution in [1.82, 2.24) is 0 Å². The summed E-state index contributed by atoms with van der Waals surface area (Å²) in [6.07, 6.45) is -0.910. The molecule has 0 spiro atoms. The molecule has 0 saturated carbocycles. The number of para-hydroxylation sites is 1. The first-order chi connectivity index (χ1) is 14.0. The van der Waals surface area contributed by atoms with E-state index >= 15 is 0 Å². The van der Waals surface area contributed by atoms with Crippen molar-refractivity contribution in [1.29, 1.82) is 0 Å². The van der Waals surface area contributed by atoms with Crippen LogP contribution in [-0.2, 0) is 15.6 Å². The SMILES string of the molecule is O=P(O)(O)C(O)(Cc1cccc(-c2ccc3oc4ccccc4c3c2)c1)P(=O)(O)O. The lowest BCUT2D eigenvalue weighted by molar-refractivity contribution is 0.131. The Labute approximate surface area is 170 Å². The van der Waals surface area contributed by atoms with Crippen molar-refractivity contribution in [2.75, 3.05) is 0 Å². The minimum atomic E-state index is -5.53. The van der Waals surface area contributed by atoms with Crippen LogP contribution in [0.2, 0.25) is 0 Å². The van der Waals surface area contributed by atoms with E-state index in [1.165, 1.54) is 12.1 Å². The van der Waals surface area contributed by atoms with Gasteiger partial charge >= 0.3 is 15.2 Å². The summed E-state index contributed by atoms with van der Waals surface area (Å²) in [7, 11) is -11.1. The number of benzene rings is 3. The quantitative estimate of drug-likeness (QED) is 0.290. The van der Waals surface area contributed by atoms with Gasteiger partial charge in [0.25, 0.3) is 5.08 Å². The normalized spacial score (nSPS) is 13.2. The zero-order valence-electron chi connectivity index (χ0n) is 15.4. The molecule has 3 aromatic carbocycles. The second-order valence-corrected chi connectivity index (χ2v) is 11.1. The Morgan fingerprint density at radius 1 is 0.733 bits per heavy atom. The highest BCUT2D eigenvalue weighted by Gasteiger charge is 2.59. The fraction of sp³-hybridized carbons (Fsp3) is 0.100. The molecule has 30 heavy (non-hydrogen) atoms. The Balaban J connectivity index is 1.77. The van der Waals surface area contributed by atoms with Crippen LogP contribution < -0.4 is 0 Å².